The lowest BCUT2D eigenvalue weighted by Gasteiger charge is -2.59. The predicted octanol–water partition coefficient (Wildman–Crippen LogP) is 9.46. The van der Waals surface area contributed by atoms with Gasteiger partial charge in [-0.05, 0) is 65.0 Å². The van der Waals surface area contributed by atoms with Crippen LogP contribution in [0.15, 0.2) is 78.9 Å². The molecule has 5 atom stereocenters. The van der Waals surface area contributed by atoms with Crippen LogP contribution in [0.3, 0.4) is 0 Å². The van der Waals surface area contributed by atoms with Crippen molar-refractivity contribution in [1.82, 2.24) is 0 Å². The molecule has 0 aromatic heterocycles. The Morgan fingerprint density at radius 3 is 1.92 bits per heavy atom. The SMILES string of the molecule is CC(O)CSC(C)(C)C(c1ccccc1)C(C)(C)C(C)(C)C(C)(C(=O)OCc1cc(OCCOS(=O)[O-])cc(C(C)c2ccccc2)c1)C(C)C. The number of benzene rings is 3. The number of rotatable bonds is 19. The number of ether oxygens (including phenoxy) is 2. The molecule has 3 aromatic rings. The first-order valence-corrected chi connectivity index (χ1v) is 19.8. The minimum absolute atomic E-state index is 0.0229. The van der Waals surface area contributed by atoms with Gasteiger partial charge < -0.3 is 19.1 Å². The standard InChI is InChI=1S/C42H60O7S2/c1-29(2)42(11,41(9,10)39(5,6)37(34-20-16-13-17-21-34)40(7,8)50-28-30(3)43)38(44)48-27-32-24-35(31(4)33-18-14-12-15-19-33)26-36(25-32)47-22-23-49-51(45)46/h12-21,24-26,29-31,37,43H,22-23,27-28H2,1-11H3,(H,45,46)/p-1. The van der Waals surface area contributed by atoms with Crippen molar-refractivity contribution in [3.05, 3.63) is 101 Å². The molecule has 0 fully saturated rings. The third kappa shape index (κ3) is 10.3. The highest BCUT2D eigenvalue weighted by molar-refractivity contribution is 8.00. The first kappa shape index (κ1) is 42.7. The van der Waals surface area contributed by atoms with Gasteiger partial charge in [0.1, 0.15) is 19.0 Å². The van der Waals surface area contributed by atoms with Crippen LogP contribution in [-0.2, 0) is 31.7 Å². The monoisotopic (exact) mass is 739 g/mol. The van der Waals surface area contributed by atoms with Gasteiger partial charge in [-0.1, -0.05) is 129 Å². The predicted molar refractivity (Wildman–Crippen MR) is 208 cm³/mol. The van der Waals surface area contributed by atoms with Crippen molar-refractivity contribution in [3.8, 4) is 5.75 Å². The third-order valence-electron chi connectivity index (χ3n) is 11.4. The van der Waals surface area contributed by atoms with Gasteiger partial charge >= 0.3 is 5.97 Å². The van der Waals surface area contributed by atoms with Crippen LogP contribution in [0.1, 0.15) is 110 Å². The Balaban J connectivity index is 2.00. The maximum absolute atomic E-state index is 14.6. The molecule has 5 unspecified atom stereocenters. The second kappa shape index (κ2) is 17.9. The third-order valence-corrected chi connectivity index (χ3v) is 13.4. The molecular formula is C42H59O7S2-. The van der Waals surface area contributed by atoms with Crippen molar-refractivity contribution in [3.63, 3.8) is 0 Å². The van der Waals surface area contributed by atoms with Gasteiger partial charge in [-0.2, -0.15) is 11.8 Å². The fourth-order valence-corrected chi connectivity index (χ4v) is 9.06. The molecule has 0 saturated carbocycles. The van der Waals surface area contributed by atoms with Gasteiger partial charge in [-0.25, -0.2) is 4.21 Å². The van der Waals surface area contributed by atoms with E-state index in [4.69, 9.17) is 9.47 Å². The number of aliphatic hydroxyl groups is 1. The second-order valence-corrected chi connectivity index (χ2v) is 18.1. The Kier molecular flexibility index (Phi) is 15.0. The number of thioether (sulfide) groups is 1. The molecule has 3 aromatic carbocycles. The molecule has 51 heavy (non-hydrogen) atoms. The van der Waals surface area contributed by atoms with Gasteiger partial charge in [0.15, 0.2) is 0 Å². The minimum atomic E-state index is -2.62. The summed E-state index contributed by atoms with van der Waals surface area (Å²) in [6.45, 7) is 23.6. The maximum Gasteiger partial charge on any atom is 0.312 e. The molecule has 9 heteroatoms. The normalized spacial score (nSPS) is 16.2. The van der Waals surface area contributed by atoms with Gasteiger partial charge in [-0.15, -0.1) is 0 Å². The number of hydrogen-bond donors (Lipinski definition) is 1. The quantitative estimate of drug-likeness (QED) is 0.0737. The van der Waals surface area contributed by atoms with Gasteiger partial charge in [-0.3, -0.25) is 8.98 Å². The van der Waals surface area contributed by atoms with Crippen LogP contribution in [0.4, 0.5) is 0 Å². The minimum Gasteiger partial charge on any atom is -0.750 e. The van der Waals surface area contributed by atoms with E-state index in [1.54, 1.807) is 11.8 Å². The molecule has 0 saturated heterocycles. The number of hydrogen-bond acceptors (Lipinski definition) is 8. The lowest BCUT2D eigenvalue weighted by Crippen LogP contribution is -2.57. The topological polar surface area (TPSA) is 105 Å². The lowest BCUT2D eigenvalue weighted by atomic mass is 9.46. The molecule has 0 bridgehead atoms. The summed E-state index contributed by atoms with van der Waals surface area (Å²) in [5, 5.41) is 10.2. The van der Waals surface area contributed by atoms with Crippen molar-refractivity contribution in [2.24, 2.45) is 22.2 Å². The van der Waals surface area contributed by atoms with E-state index >= 15 is 0 Å². The molecule has 0 radical (unpaired) electrons. The van der Waals surface area contributed by atoms with Crippen LogP contribution in [0.5, 0.6) is 5.75 Å². The highest BCUT2D eigenvalue weighted by Crippen LogP contribution is 2.64. The number of aliphatic hydroxyl groups excluding tert-OH is 1. The highest BCUT2D eigenvalue weighted by Gasteiger charge is 2.61. The Morgan fingerprint density at radius 2 is 1.39 bits per heavy atom. The van der Waals surface area contributed by atoms with Crippen molar-refractivity contribution >= 4 is 29.1 Å². The van der Waals surface area contributed by atoms with E-state index in [9.17, 15) is 18.7 Å². The Labute approximate surface area is 313 Å². The maximum atomic E-state index is 14.6. The van der Waals surface area contributed by atoms with Crippen LogP contribution in [0.25, 0.3) is 0 Å². The van der Waals surface area contributed by atoms with Crippen LogP contribution in [0.2, 0.25) is 0 Å². The summed E-state index contributed by atoms with van der Waals surface area (Å²) in [5.74, 6) is 0.869. The number of esters is 1. The molecule has 3 rings (SSSR count). The summed E-state index contributed by atoms with van der Waals surface area (Å²) < 4.78 is 38.3. The smallest absolute Gasteiger partial charge is 0.312 e. The van der Waals surface area contributed by atoms with Crippen LogP contribution >= 0.6 is 11.8 Å². The zero-order valence-corrected chi connectivity index (χ0v) is 34.0. The fourth-order valence-electron chi connectivity index (χ4n) is 7.59. The van der Waals surface area contributed by atoms with Crippen molar-refractivity contribution in [1.29, 1.82) is 0 Å². The molecule has 0 heterocycles. The summed E-state index contributed by atoms with van der Waals surface area (Å²) in [4.78, 5) is 14.6. The molecule has 0 aliphatic heterocycles. The summed E-state index contributed by atoms with van der Waals surface area (Å²) in [7, 11) is 0. The summed E-state index contributed by atoms with van der Waals surface area (Å²) in [6.07, 6.45) is -0.436. The summed E-state index contributed by atoms with van der Waals surface area (Å²) in [5.41, 5.74) is 2.18. The number of carbonyl (C=O) groups excluding carboxylic acids is 1. The average Bonchev–Trinajstić information content (AvgIpc) is 3.07. The summed E-state index contributed by atoms with van der Waals surface area (Å²) >= 11 is -0.858. The van der Waals surface area contributed by atoms with Gasteiger partial charge in [0.05, 0.1) is 29.5 Å². The lowest BCUT2D eigenvalue weighted by molar-refractivity contribution is -0.179. The van der Waals surface area contributed by atoms with Gasteiger partial charge in [0.25, 0.3) is 0 Å². The van der Waals surface area contributed by atoms with Crippen molar-refractivity contribution in [2.75, 3.05) is 19.0 Å². The van der Waals surface area contributed by atoms with Crippen LogP contribution in [0, 0.1) is 22.2 Å². The zero-order valence-electron chi connectivity index (χ0n) is 32.4. The van der Waals surface area contributed by atoms with Crippen LogP contribution < -0.4 is 4.74 Å². The van der Waals surface area contributed by atoms with E-state index < -0.39 is 33.7 Å². The molecule has 0 amide bonds. The second-order valence-electron chi connectivity index (χ2n) is 15.8. The van der Waals surface area contributed by atoms with E-state index in [0.29, 0.717) is 11.5 Å². The van der Waals surface area contributed by atoms with Crippen LogP contribution in [-0.4, -0.2) is 49.7 Å². The number of carbonyl (C=O) groups is 1. The zero-order chi connectivity index (χ0) is 38.2. The highest BCUT2D eigenvalue weighted by atomic mass is 32.2. The van der Waals surface area contributed by atoms with Crippen molar-refractivity contribution < 1.29 is 32.3 Å². The average molecular weight is 740 g/mol. The Hall–Kier alpha value is -2.69. The molecule has 0 spiro atoms. The summed E-state index contributed by atoms with van der Waals surface area (Å²) in [6, 6.07) is 26.4. The van der Waals surface area contributed by atoms with E-state index in [1.807, 2.05) is 56.3 Å². The first-order chi connectivity index (χ1) is 23.8. The molecule has 1 N–H and O–H groups in total. The largest absolute Gasteiger partial charge is 0.750 e. The van der Waals surface area contributed by atoms with E-state index in [1.165, 1.54) is 5.56 Å². The van der Waals surface area contributed by atoms with E-state index in [0.717, 1.165) is 16.7 Å². The van der Waals surface area contributed by atoms with E-state index in [2.05, 4.69) is 103 Å². The van der Waals surface area contributed by atoms with Gasteiger partial charge in [0, 0.05) is 22.3 Å². The van der Waals surface area contributed by atoms with E-state index in [-0.39, 0.29) is 48.3 Å². The first-order valence-electron chi connectivity index (χ1n) is 17.8. The Morgan fingerprint density at radius 1 is 0.824 bits per heavy atom. The Bertz CT molecular complexity index is 1570. The molecular weight excluding hydrogens is 681 g/mol. The fraction of sp³-hybridized carbons (Fsp3) is 0.548. The molecule has 282 valence electrons. The van der Waals surface area contributed by atoms with Crippen molar-refractivity contribution in [2.45, 2.75) is 105 Å². The molecule has 0 aliphatic carbocycles. The van der Waals surface area contributed by atoms with Gasteiger partial charge in [0.2, 0.25) is 0 Å². The molecule has 7 nitrogen and oxygen atoms in total. The molecule has 0 aliphatic rings.